The zero-order chi connectivity index (χ0) is 36.6. The van der Waals surface area contributed by atoms with Crippen molar-refractivity contribution in [3.63, 3.8) is 0 Å². The third kappa shape index (κ3) is 7.67. The van der Waals surface area contributed by atoms with Crippen LogP contribution in [0.15, 0.2) is 170 Å². The summed E-state index contributed by atoms with van der Waals surface area (Å²) >= 11 is 0. The summed E-state index contributed by atoms with van der Waals surface area (Å²) < 4.78 is 21.1. The van der Waals surface area contributed by atoms with Gasteiger partial charge in [0.1, 0.15) is 34.7 Å². The van der Waals surface area contributed by atoms with E-state index in [0.717, 1.165) is 22.3 Å². The van der Waals surface area contributed by atoms with Crippen molar-refractivity contribution in [2.24, 2.45) is 0 Å². The first-order chi connectivity index (χ1) is 25.9. The van der Waals surface area contributed by atoms with Gasteiger partial charge in [-0.1, -0.05) is 97.1 Å². The van der Waals surface area contributed by atoms with Crippen molar-refractivity contribution in [3.05, 3.63) is 198 Å². The summed E-state index contributed by atoms with van der Waals surface area (Å²) in [6.07, 6.45) is 2.22. The van der Waals surface area contributed by atoms with Gasteiger partial charge >= 0.3 is 6.09 Å². The molecular weight excluding hydrogens is 670 g/mol. The number of ether oxygens (including phenoxy) is 1. The number of aromatic nitrogens is 3. The molecule has 1 atom stereocenters. The second-order valence-corrected chi connectivity index (χ2v) is 12.3. The predicted octanol–water partition coefficient (Wildman–Crippen LogP) is 8.53. The van der Waals surface area contributed by atoms with Crippen LogP contribution in [0.25, 0.3) is 11.3 Å². The van der Waals surface area contributed by atoms with Gasteiger partial charge in [0.15, 0.2) is 0 Å². The number of nitrogens with one attached hydrogen (secondary N) is 2. The molecule has 53 heavy (non-hydrogen) atoms. The van der Waals surface area contributed by atoms with Crippen LogP contribution in [-0.2, 0) is 16.8 Å². The number of hydrogen-bond donors (Lipinski definition) is 3. The summed E-state index contributed by atoms with van der Waals surface area (Å²) in [5.41, 5.74) is 4.04. The molecule has 7 rings (SSSR count). The third-order valence-electron chi connectivity index (χ3n) is 8.83. The van der Waals surface area contributed by atoms with Crippen LogP contribution in [0.5, 0.6) is 11.5 Å². The molecule has 0 fully saturated rings. The quantitative estimate of drug-likeness (QED) is 0.110. The third-order valence-corrected chi connectivity index (χ3v) is 8.83. The Morgan fingerprint density at radius 3 is 1.81 bits per heavy atom. The fourth-order valence-electron chi connectivity index (χ4n) is 6.42. The second-order valence-electron chi connectivity index (χ2n) is 12.3. The number of halogens is 1. The molecule has 2 amide bonds. The zero-order valence-corrected chi connectivity index (χ0v) is 28.3. The number of anilines is 1. The van der Waals surface area contributed by atoms with Crippen LogP contribution in [0.3, 0.4) is 0 Å². The van der Waals surface area contributed by atoms with E-state index < -0.39 is 23.6 Å². The first kappa shape index (κ1) is 34.4. The molecule has 5 aromatic carbocycles. The molecule has 0 aliphatic heterocycles. The van der Waals surface area contributed by atoms with E-state index in [-0.39, 0.29) is 18.1 Å². The molecule has 1 unspecified atom stereocenters. The van der Waals surface area contributed by atoms with Crippen LogP contribution in [0, 0.1) is 5.82 Å². The highest BCUT2D eigenvalue weighted by atomic mass is 19.1. The Balaban J connectivity index is 1.13. The number of amides is 2. The number of benzene rings is 5. The highest BCUT2D eigenvalue weighted by molar-refractivity contribution is 5.96. The van der Waals surface area contributed by atoms with E-state index in [2.05, 4.69) is 52.0 Å². The Morgan fingerprint density at radius 1 is 0.717 bits per heavy atom. The minimum Gasteiger partial charge on any atom is -0.465 e. The molecule has 0 spiro atoms. The molecule has 7 aromatic rings. The molecule has 0 aliphatic rings. The molecule has 2 aromatic heterocycles. The lowest BCUT2D eigenvalue weighted by atomic mass is 9.77. The van der Waals surface area contributed by atoms with E-state index in [1.54, 1.807) is 48.8 Å². The predicted molar refractivity (Wildman–Crippen MR) is 200 cm³/mol. The highest BCUT2D eigenvalue weighted by Gasteiger charge is 2.38. The fraction of sp³-hybridized carbons (Fsp3) is 0.0698. The number of imidazole rings is 1. The summed E-state index contributed by atoms with van der Waals surface area (Å²) in [7, 11) is 0. The zero-order valence-electron chi connectivity index (χ0n) is 28.3. The average molecular weight is 704 g/mol. The van der Waals surface area contributed by atoms with Gasteiger partial charge in [-0.25, -0.2) is 19.2 Å². The fourth-order valence-corrected chi connectivity index (χ4v) is 6.42. The van der Waals surface area contributed by atoms with Crippen molar-refractivity contribution in [1.29, 1.82) is 0 Å². The highest BCUT2D eigenvalue weighted by Crippen LogP contribution is 2.41. The summed E-state index contributed by atoms with van der Waals surface area (Å²) in [4.78, 5) is 34.9. The summed E-state index contributed by atoms with van der Waals surface area (Å²) in [5.74, 6) is 0.372. The van der Waals surface area contributed by atoms with Crippen molar-refractivity contribution in [1.82, 2.24) is 19.9 Å². The molecule has 0 saturated heterocycles. The van der Waals surface area contributed by atoms with Gasteiger partial charge in [0.05, 0.1) is 17.7 Å². The topological polar surface area (TPSA) is 118 Å². The standard InChI is InChI=1S/C43H34FN5O4/c44-34-21-25-37(26-22-34)53-36-23-19-30(20-24-36)38-17-10-18-40(46-38)48-41(50)39(47-42(51)52)27-35-28-49(29-45-35)43(31-11-4-1-5-12-31,32-13-6-2-7-14-32)33-15-8-3-9-16-33/h1-26,28-29,39,47H,27H2,(H,51,52)(H,46,48,50). The van der Waals surface area contributed by atoms with E-state index in [1.807, 2.05) is 77.5 Å². The Hall–Kier alpha value is -7.07. The smallest absolute Gasteiger partial charge is 0.405 e. The van der Waals surface area contributed by atoms with Gasteiger partial charge in [-0.3, -0.25) is 4.79 Å². The minimum atomic E-state index is -1.35. The molecule has 10 heteroatoms. The van der Waals surface area contributed by atoms with Gasteiger partial charge in [-0.2, -0.15) is 0 Å². The number of hydrogen-bond acceptors (Lipinski definition) is 5. The van der Waals surface area contributed by atoms with Gasteiger partial charge in [0.25, 0.3) is 0 Å². The lowest BCUT2D eigenvalue weighted by Gasteiger charge is -2.37. The van der Waals surface area contributed by atoms with Gasteiger partial charge in [-0.05, 0) is 77.4 Å². The van der Waals surface area contributed by atoms with Gasteiger partial charge in [0.2, 0.25) is 5.91 Å². The molecule has 0 saturated carbocycles. The van der Waals surface area contributed by atoms with E-state index >= 15 is 0 Å². The Kier molecular flexibility index (Phi) is 10.0. The monoisotopic (exact) mass is 703 g/mol. The number of rotatable bonds is 12. The van der Waals surface area contributed by atoms with Gasteiger partial charge in [-0.15, -0.1) is 0 Å². The molecule has 0 radical (unpaired) electrons. The van der Waals surface area contributed by atoms with Crippen LogP contribution in [0.4, 0.5) is 15.0 Å². The van der Waals surface area contributed by atoms with Crippen LogP contribution in [-0.4, -0.2) is 37.7 Å². The van der Waals surface area contributed by atoms with Crippen molar-refractivity contribution >= 4 is 17.8 Å². The SMILES string of the molecule is O=C(O)NC(Cc1cn(C(c2ccccc2)(c2ccccc2)c2ccccc2)cn1)C(=O)Nc1cccc(-c2ccc(Oc3ccc(F)cc3)cc2)n1. The summed E-state index contributed by atoms with van der Waals surface area (Å²) in [5, 5.41) is 14.9. The van der Waals surface area contributed by atoms with Crippen LogP contribution in [0.1, 0.15) is 22.4 Å². The largest absolute Gasteiger partial charge is 0.465 e. The average Bonchev–Trinajstić information content (AvgIpc) is 3.66. The van der Waals surface area contributed by atoms with E-state index in [1.165, 1.54) is 12.1 Å². The molecule has 0 bridgehead atoms. The number of carbonyl (C=O) groups excluding carboxylic acids is 1. The Morgan fingerprint density at radius 2 is 1.26 bits per heavy atom. The summed E-state index contributed by atoms with van der Waals surface area (Å²) in [6, 6.07) is 47.2. The normalized spacial score (nSPS) is 11.7. The summed E-state index contributed by atoms with van der Waals surface area (Å²) in [6.45, 7) is 0. The maximum Gasteiger partial charge on any atom is 0.405 e. The van der Waals surface area contributed by atoms with Crippen LogP contribution in [0.2, 0.25) is 0 Å². The van der Waals surface area contributed by atoms with Crippen molar-refractivity contribution < 1.29 is 23.8 Å². The van der Waals surface area contributed by atoms with Gasteiger partial charge in [0, 0.05) is 18.2 Å². The Bertz CT molecular complexity index is 2200. The van der Waals surface area contributed by atoms with Crippen molar-refractivity contribution in [3.8, 4) is 22.8 Å². The van der Waals surface area contributed by atoms with Crippen molar-refractivity contribution in [2.45, 2.75) is 18.0 Å². The molecule has 2 heterocycles. The van der Waals surface area contributed by atoms with Crippen LogP contribution < -0.4 is 15.4 Å². The molecular formula is C43H34FN5O4. The minimum absolute atomic E-state index is 0.0191. The maximum absolute atomic E-state index is 13.7. The first-order valence-corrected chi connectivity index (χ1v) is 16.9. The first-order valence-electron chi connectivity index (χ1n) is 16.9. The Labute approximate surface area is 305 Å². The van der Waals surface area contributed by atoms with E-state index in [4.69, 9.17) is 9.72 Å². The molecule has 9 nitrogen and oxygen atoms in total. The number of nitrogens with zero attached hydrogens (tertiary/aromatic N) is 3. The maximum atomic E-state index is 13.7. The van der Waals surface area contributed by atoms with E-state index in [0.29, 0.717) is 22.9 Å². The number of carbonyl (C=O) groups is 2. The van der Waals surface area contributed by atoms with E-state index in [9.17, 15) is 19.1 Å². The molecule has 262 valence electrons. The number of carboxylic acid groups (broad SMARTS) is 1. The lowest BCUT2D eigenvalue weighted by Crippen LogP contribution is -2.44. The number of pyridine rings is 1. The molecule has 3 N–H and O–H groups in total. The lowest BCUT2D eigenvalue weighted by molar-refractivity contribution is -0.118. The molecule has 0 aliphatic carbocycles. The van der Waals surface area contributed by atoms with Crippen LogP contribution >= 0.6 is 0 Å². The second kappa shape index (κ2) is 15.4. The van der Waals surface area contributed by atoms with Crippen molar-refractivity contribution in [2.75, 3.05) is 5.32 Å². The van der Waals surface area contributed by atoms with Gasteiger partial charge < -0.3 is 25.0 Å².